The quantitative estimate of drug-likeness (QED) is 0.631. The minimum absolute atomic E-state index is 0.852. The van der Waals surface area contributed by atoms with Crippen molar-refractivity contribution >= 4 is 16.7 Å². The van der Waals surface area contributed by atoms with Gasteiger partial charge in [-0.3, -0.25) is 0 Å². The summed E-state index contributed by atoms with van der Waals surface area (Å²) in [6.07, 6.45) is 5.63. The molecule has 1 heterocycles. The van der Waals surface area contributed by atoms with Gasteiger partial charge in [-0.25, -0.2) is 4.98 Å². The van der Waals surface area contributed by atoms with Crippen molar-refractivity contribution in [2.45, 2.75) is 39.7 Å². The summed E-state index contributed by atoms with van der Waals surface area (Å²) in [5, 5.41) is 0. The third-order valence-electron chi connectivity index (χ3n) is 3.01. The fourth-order valence-electron chi connectivity index (χ4n) is 1.94. The van der Waals surface area contributed by atoms with Crippen LogP contribution in [-0.2, 0) is 6.54 Å². The van der Waals surface area contributed by atoms with Gasteiger partial charge in [-0.05, 0) is 31.0 Å². The molecule has 3 nitrogen and oxygen atoms in total. The molecule has 0 saturated heterocycles. The Morgan fingerprint density at radius 3 is 2.88 bits per heavy atom. The van der Waals surface area contributed by atoms with Gasteiger partial charge in [0.25, 0.3) is 0 Å². The fraction of sp³-hybridized carbons (Fsp3) is 0.462. The molecule has 2 rings (SSSR count). The number of nitrogens with zero attached hydrogens (tertiary/aromatic N) is 2. The Bertz CT molecular complexity index is 485. The maximum Gasteiger partial charge on any atom is 0.0958 e. The van der Waals surface area contributed by atoms with Gasteiger partial charge in [0.1, 0.15) is 0 Å². The Morgan fingerprint density at radius 1 is 1.31 bits per heavy atom. The third-order valence-corrected chi connectivity index (χ3v) is 3.01. The average Bonchev–Trinajstić information content (AvgIpc) is 2.63. The topological polar surface area (TPSA) is 43.8 Å². The van der Waals surface area contributed by atoms with Gasteiger partial charge < -0.3 is 10.3 Å². The molecule has 0 aliphatic carbocycles. The average molecular weight is 217 g/mol. The summed E-state index contributed by atoms with van der Waals surface area (Å²) < 4.78 is 2.20. The summed E-state index contributed by atoms with van der Waals surface area (Å²) >= 11 is 0. The normalized spacial score (nSPS) is 11.1. The number of anilines is 1. The van der Waals surface area contributed by atoms with E-state index in [-0.39, 0.29) is 0 Å². The predicted molar refractivity (Wildman–Crippen MR) is 68.4 cm³/mol. The third kappa shape index (κ3) is 2.03. The standard InChI is InChI=1S/C13H19N3/c1-3-4-5-6-16-9-15-12-7-10(2)11(14)8-13(12)16/h7-9H,3-6,14H2,1-2H3. The first-order chi connectivity index (χ1) is 7.72. The molecule has 0 spiro atoms. The molecular formula is C13H19N3. The van der Waals surface area contributed by atoms with Crippen LogP contribution in [0.1, 0.15) is 31.7 Å². The van der Waals surface area contributed by atoms with E-state index in [0.717, 1.165) is 28.8 Å². The van der Waals surface area contributed by atoms with Gasteiger partial charge in [-0.1, -0.05) is 19.8 Å². The second-order valence-corrected chi connectivity index (χ2v) is 4.34. The van der Waals surface area contributed by atoms with Crippen molar-refractivity contribution in [2.75, 3.05) is 5.73 Å². The highest BCUT2D eigenvalue weighted by Gasteiger charge is 2.04. The second kappa shape index (κ2) is 4.56. The van der Waals surface area contributed by atoms with Crippen LogP contribution in [0.2, 0.25) is 0 Å². The summed E-state index contributed by atoms with van der Waals surface area (Å²) in [6, 6.07) is 4.09. The maximum absolute atomic E-state index is 5.93. The van der Waals surface area contributed by atoms with Gasteiger partial charge in [0.05, 0.1) is 17.4 Å². The van der Waals surface area contributed by atoms with Crippen LogP contribution in [0.3, 0.4) is 0 Å². The van der Waals surface area contributed by atoms with Gasteiger partial charge in [0.15, 0.2) is 0 Å². The zero-order valence-corrected chi connectivity index (χ0v) is 10.0. The van der Waals surface area contributed by atoms with Crippen molar-refractivity contribution in [3.63, 3.8) is 0 Å². The van der Waals surface area contributed by atoms with E-state index in [2.05, 4.69) is 22.5 Å². The summed E-state index contributed by atoms with van der Waals surface area (Å²) in [6.45, 7) is 5.27. The number of aromatic nitrogens is 2. The van der Waals surface area contributed by atoms with E-state index in [1.54, 1.807) is 0 Å². The Kier molecular flexibility index (Phi) is 3.13. The molecule has 1 aromatic heterocycles. The number of hydrogen-bond acceptors (Lipinski definition) is 2. The van der Waals surface area contributed by atoms with E-state index in [1.807, 2.05) is 19.3 Å². The van der Waals surface area contributed by atoms with Crippen molar-refractivity contribution in [1.82, 2.24) is 9.55 Å². The Balaban J connectivity index is 2.29. The van der Waals surface area contributed by atoms with E-state index in [4.69, 9.17) is 5.73 Å². The number of hydrogen-bond donors (Lipinski definition) is 1. The zero-order valence-electron chi connectivity index (χ0n) is 10.0. The fourth-order valence-corrected chi connectivity index (χ4v) is 1.94. The van der Waals surface area contributed by atoms with Gasteiger partial charge in [0.2, 0.25) is 0 Å². The van der Waals surface area contributed by atoms with Crippen molar-refractivity contribution in [2.24, 2.45) is 0 Å². The molecule has 0 saturated carbocycles. The van der Waals surface area contributed by atoms with Crippen molar-refractivity contribution in [3.8, 4) is 0 Å². The van der Waals surface area contributed by atoms with Crippen LogP contribution in [0, 0.1) is 6.92 Å². The molecule has 16 heavy (non-hydrogen) atoms. The summed E-state index contributed by atoms with van der Waals surface area (Å²) in [5.74, 6) is 0. The van der Waals surface area contributed by atoms with E-state index < -0.39 is 0 Å². The second-order valence-electron chi connectivity index (χ2n) is 4.34. The Hall–Kier alpha value is -1.51. The lowest BCUT2D eigenvalue weighted by Crippen LogP contribution is -1.97. The number of rotatable bonds is 4. The molecule has 0 unspecified atom stereocenters. The van der Waals surface area contributed by atoms with Crippen LogP contribution in [0.5, 0.6) is 0 Å². The number of unbranched alkanes of at least 4 members (excludes halogenated alkanes) is 2. The number of nitrogen functional groups attached to an aromatic ring is 1. The molecule has 2 aromatic rings. The lowest BCUT2D eigenvalue weighted by molar-refractivity contribution is 0.613. The molecule has 0 amide bonds. The summed E-state index contributed by atoms with van der Waals surface area (Å²) in [4.78, 5) is 4.41. The monoisotopic (exact) mass is 217 g/mol. The van der Waals surface area contributed by atoms with E-state index in [9.17, 15) is 0 Å². The minimum atomic E-state index is 0.852. The molecule has 0 aliphatic rings. The largest absolute Gasteiger partial charge is 0.398 e. The molecule has 0 atom stereocenters. The Labute approximate surface area is 96.3 Å². The smallest absolute Gasteiger partial charge is 0.0958 e. The molecule has 3 heteroatoms. The predicted octanol–water partition coefficient (Wildman–Crippen LogP) is 3.12. The molecule has 0 bridgehead atoms. The number of imidazole rings is 1. The molecule has 1 aromatic carbocycles. The van der Waals surface area contributed by atoms with Crippen molar-refractivity contribution < 1.29 is 0 Å². The summed E-state index contributed by atoms with van der Waals surface area (Å²) in [7, 11) is 0. The van der Waals surface area contributed by atoms with E-state index in [1.165, 1.54) is 19.3 Å². The first kappa shape index (κ1) is 11.0. The van der Waals surface area contributed by atoms with Gasteiger partial charge in [-0.15, -0.1) is 0 Å². The highest BCUT2D eigenvalue weighted by atomic mass is 15.0. The molecule has 0 aliphatic heterocycles. The van der Waals surface area contributed by atoms with Gasteiger partial charge >= 0.3 is 0 Å². The number of aryl methyl sites for hydroxylation is 2. The van der Waals surface area contributed by atoms with Crippen molar-refractivity contribution in [1.29, 1.82) is 0 Å². The lowest BCUT2D eigenvalue weighted by Gasteiger charge is -2.05. The molecular weight excluding hydrogens is 198 g/mol. The van der Waals surface area contributed by atoms with Crippen LogP contribution in [0.25, 0.3) is 11.0 Å². The number of nitrogens with two attached hydrogens (primary N) is 1. The minimum Gasteiger partial charge on any atom is -0.398 e. The van der Waals surface area contributed by atoms with Crippen LogP contribution >= 0.6 is 0 Å². The summed E-state index contributed by atoms with van der Waals surface area (Å²) in [5.41, 5.74) is 10.1. The van der Waals surface area contributed by atoms with E-state index in [0.29, 0.717) is 0 Å². The maximum atomic E-state index is 5.93. The van der Waals surface area contributed by atoms with Gasteiger partial charge in [-0.2, -0.15) is 0 Å². The molecule has 0 radical (unpaired) electrons. The number of fused-ring (bicyclic) bond motifs is 1. The first-order valence-electron chi connectivity index (χ1n) is 5.93. The number of benzene rings is 1. The van der Waals surface area contributed by atoms with Crippen molar-refractivity contribution in [3.05, 3.63) is 24.0 Å². The first-order valence-corrected chi connectivity index (χ1v) is 5.93. The van der Waals surface area contributed by atoms with E-state index >= 15 is 0 Å². The van der Waals surface area contributed by atoms with Crippen LogP contribution in [-0.4, -0.2) is 9.55 Å². The SMILES string of the molecule is CCCCCn1cnc2cc(C)c(N)cc21. The van der Waals surface area contributed by atoms with Crippen LogP contribution < -0.4 is 5.73 Å². The van der Waals surface area contributed by atoms with Gasteiger partial charge in [0, 0.05) is 12.2 Å². The highest BCUT2D eigenvalue weighted by Crippen LogP contribution is 2.20. The lowest BCUT2D eigenvalue weighted by atomic mass is 10.2. The Morgan fingerprint density at radius 2 is 2.12 bits per heavy atom. The zero-order chi connectivity index (χ0) is 11.5. The van der Waals surface area contributed by atoms with Crippen LogP contribution in [0.15, 0.2) is 18.5 Å². The molecule has 2 N–H and O–H groups in total. The van der Waals surface area contributed by atoms with Crippen LogP contribution in [0.4, 0.5) is 5.69 Å². The molecule has 0 fully saturated rings. The molecule has 86 valence electrons. The highest BCUT2D eigenvalue weighted by molar-refractivity contribution is 5.80.